The van der Waals surface area contributed by atoms with Gasteiger partial charge in [-0.15, -0.1) is 0 Å². The molecule has 2 heteroatoms. The summed E-state index contributed by atoms with van der Waals surface area (Å²) in [6.07, 6.45) is 3.40. The molecule has 0 bridgehead atoms. The van der Waals surface area contributed by atoms with Gasteiger partial charge in [0.05, 0.1) is 11.5 Å². The topological polar surface area (TPSA) is 27.0 Å². The fraction of sp³-hybridized carbons (Fsp3) is 0.917. The summed E-state index contributed by atoms with van der Waals surface area (Å²) >= 11 is 0. The quantitative estimate of drug-likeness (QED) is 0.585. The Morgan fingerprint density at radius 3 is 2.14 bits per heavy atom. The van der Waals surface area contributed by atoms with Gasteiger partial charge in [0.25, 0.3) is 0 Å². The van der Waals surface area contributed by atoms with Crippen molar-refractivity contribution < 1.29 is 0 Å². The average Bonchev–Trinajstić information content (AvgIpc) is 2.18. The lowest BCUT2D eigenvalue weighted by Crippen LogP contribution is -2.24. The molecule has 82 valence electrons. The molecular formula is C12H24N2. The molecule has 0 saturated heterocycles. The number of rotatable bonds is 7. The third-order valence-corrected chi connectivity index (χ3v) is 2.72. The number of hydrogen-bond acceptors (Lipinski definition) is 2. The van der Waals surface area contributed by atoms with Crippen LogP contribution in [0.4, 0.5) is 0 Å². The van der Waals surface area contributed by atoms with Gasteiger partial charge in [-0.2, -0.15) is 5.26 Å². The summed E-state index contributed by atoms with van der Waals surface area (Å²) in [6, 6.07) is 2.34. The lowest BCUT2D eigenvalue weighted by atomic mass is 9.89. The standard InChI is InChI=1S/C12H24N2/c1-5-14(6-2)10-8-7-9-12(3,4)11-13/h5-10H2,1-4H3. The van der Waals surface area contributed by atoms with Crippen LogP contribution in [0.3, 0.4) is 0 Å². The molecule has 0 aliphatic rings. The third-order valence-electron chi connectivity index (χ3n) is 2.72. The van der Waals surface area contributed by atoms with Gasteiger partial charge >= 0.3 is 0 Å². The lowest BCUT2D eigenvalue weighted by molar-refractivity contribution is 0.288. The van der Waals surface area contributed by atoms with Crippen molar-refractivity contribution in [3.8, 4) is 6.07 Å². The Morgan fingerprint density at radius 2 is 1.71 bits per heavy atom. The molecule has 0 unspecified atom stereocenters. The van der Waals surface area contributed by atoms with E-state index < -0.39 is 0 Å². The summed E-state index contributed by atoms with van der Waals surface area (Å²) in [5, 5.41) is 8.83. The first kappa shape index (κ1) is 13.4. The van der Waals surface area contributed by atoms with Crippen molar-refractivity contribution in [2.75, 3.05) is 19.6 Å². The average molecular weight is 196 g/mol. The molecule has 0 aliphatic carbocycles. The summed E-state index contributed by atoms with van der Waals surface area (Å²) in [4.78, 5) is 2.43. The van der Waals surface area contributed by atoms with E-state index in [4.69, 9.17) is 5.26 Å². The van der Waals surface area contributed by atoms with Gasteiger partial charge in [0.1, 0.15) is 0 Å². The van der Waals surface area contributed by atoms with Gasteiger partial charge < -0.3 is 4.90 Å². The second-order valence-corrected chi connectivity index (χ2v) is 4.48. The first-order chi connectivity index (χ1) is 6.55. The molecule has 0 radical (unpaired) electrons. The maximum absolute atomic E-state index is 8.83. The van der Waals surface area contributed by atoms with Crippen LogP contribution in [0.1, 0.15) is 47.0 Å². The Bertz CT molecular complexity index is 175. The van der Waals surface area contributed by atoms with E-state index in [1.807, 2.05) is 13.8 Å². The van der Waals surface area contributed by atoms with Crippen molar-refractivity contribution in [3.05, 3.63) is 0 Å². The Kier molecular flexibility index (Phi) is 6.57. The highest BCUT2D eigenvalue weighted by Gasteiger charge is 2.15. The number of hydrogen-bond donors (Lipinski definition) is 0. The van der Waals surface area contributed by atoms with E-state index in [2.05, 4.69) is 24.8 Å². The Labute approximate surface area is 88.9 Å². The maximum atomic E-state index is 8.83. The molecule has 0 aliphatic heterocycles. The van der Waals surface area contributed by atoms with Crippen LogP contribution in [-0.2, 0) is 0 Å². The monoisotopic (exact) mass is 196 g/mol. The summed E-state index contributed by atoms with van der Waals surface area (Å²) in [5.41, 5.74) is -0.136. The molecule has 0 aromatic carbocycles. The van der Waals surface area contributed by atoms with Crippen molar-refractivity contribution in [1.82, 2.24) is 4.90 Å². The first-order valence-electron chi connectivity index (χ1n) is 5.69. The largest absolute Gasteiger partial charge is 0.304 e. The highest BCUT2D eigenvalue weighted by atomic mass is 15.1. The second kappa shape index (κ2) is 6.84. The van der Waals surface area contributed by atoms with Crippen molar-refractivity contribution in [2.45, 2.75) is 47.0 Å². The molecule has 0 aromatic heterocycles. The summed E-state index contributed by atoms with van der Waals surface area (Å²) < 4.78 is 0. The van der Waals surface area contributed by atoms with Crippen LogP contribution in [0.25, 0.3) is 0 Å². The highest BCUT2D eigenvalue weighted by Crippen LogP contribution is 2.21. The number of unbranched alkanes of at least 4 members (excludes halogenated alkanes) is 1. The molecule has 0 fully saturated rings. The maximum Gasteiger partial charge on any atom is 0.0683 e. The van der Waals surface area contributed by atoms with Crippen LogP contribution < -0.4 is 0 Å². The van der Waals surface area contributed by atoms with E-state index >= 15 is 0 Å². The fourth-order valence-electron chi connectivity index (χ4n) is 1.50. The van der Waals surface area contributed by atoms with Gasteiger partial charge in [0, 0.05) is 0 Å². The van der Waals surface area contributed by atoms with E-state index in [0.29, 0.717) is 0 Å². The smallest absolute Gasteiger partial charge is 0.0683 e. The van der Waals surface area contributed by atoms with Crippen LogP contribution in [0.5, 0.6) is 0 Å². The molecule has 0 saturated carbocycles. The van der Waals surface area contributed by atoms with E-state index in [1.54, 1.807) is 0 Å². The Hall–Kier alpha value is -0.550. The predicted octanol–water partition coefficient (Wildman–Crippen LogP) is 3.05. The van der Waals surface area contributed by atoms with Crippen LogP contribution in [0, 0.1) is 16.7 Å². The fourth-order valence-corrected chi connectivity index (χ4v) is 1.50. The van der Waals surface area contributed by atoms with Crippen molar-refractivity contribution in [3.63, 3.8) is 0 Å². The van der Waals surface area contributed by atoms with Crippen LogP contribution in [0.2, 0.25) is 0 Å². The molecule has 14 heavy (non-hydrogen) atoms. The molecule has 0 N–H and O–H groups in total. The van der Waals surface area contributed by atoms with Crippen LogP contribution in [-0.4, -0.2) is 24.5 Å². The van der Waals surface area contributed by atoms with Crippen molar-refractivity contribution in [1.29, 1.82) is 5.26 Å². The zero-order valence-corrected chi connectivity index (χ0v) is 10.1. The minimum atomic E-state index is -0.136. The molecule has 0 heterocycles. The van der Waals surface area contributed by atoms with Gasteiger partial charge in [0.15, 0.2) is 0 Å². The van der Waals surface area contributed by atoms with Crippen molar-refractivity contribution >= 4 is 0 Å². The molecular weight excluding hydrogens is 172 g/mol. The first-order valence-corrected chi connectivity index (χ1v) is 5.69. The minimum Gasteiger partial charge on any atom is -0.304 e. The van der Waals surface area contributed by atoms with Gasteiger partial charge in [0.2, 0.25) is 0 Å². The molecule has 0 amide bonds. The molecule has 0 atom stereocenters. The third kappa shape index (κ3) is 5.99. The molecule has 0 spiro atoms. The van der Waals surface area contributed by atoms with Gasteiger partial charge in [-0.1, -0.05) is 20.3 Å². The van der Waals surface area contributed by atoms with E-state index in [1.165, 1.54) is 13.0 Å². The Morgan fingerprint density at radius 1 is 1.14 bits per heavy atom. The zero-order valence-electron chi connectivity index (χ0n) is 10.1. The SMILES string of the molecule is CCN(CC)CCCCC(C)(C)C#N. The Balaban J connectivity index is 3.52. The van der Waals surface area contributed by atoms with Gasteiger partial charge in [-0.3, -0.25) is 0 Å². The van der Waals surface area contributed by atoms with E-state index in [0.717, 1.165) is 25.9 Å². The van der Waals surface area contributed by atoms with Crippen LogP contribution in [0.15, 0.2) is 0 Å². The van der Waals surface area contributed by atoms with E-state index in [9.17, 15) is 0 Å². The lowest BCUT2D eigenvalue weighted by Gasteiger charge is -2.19. The van der Waals surface area contributed by atoms with Gasteiger partial charge in [-0.25, -0.2) is 0 Å². The number of nitriles is 1. The van der Waals surface area contributed by atoms with Crippen LogP contribution >= 0.6 is 0 Å². The normalized spacial score (nSPS) is 11.7. The summed E-state index contributed by atoms with van der Waals surface area (Å²) in [6.45, 7) is 11.9. The van der Waals surface area contributed by atoms with Crippen molar-refractivity contribution in [2.24, 2.45) is 5.41 Å². The zero-order chi connectivity index (χ0) is 11.0. The number of nitrogens with zero attached hydrogens (tertiary/aromatic N) is 2. The summed E-state index contributed by atoms with van der Waals surface area (Å²) in [5.74, 6) is 0. The van der Waals surface area contributed by atoms with Gasteiger partial charge in [-0.05, 0) is 46.3 Å². The molecule has 0 aromatic rings. The molecule has 2 nitrogen and oxygen atoms in total. The predicted molar refractivity (Wildman–Crippen MR) is 61.0 cm³/mol. The van der Waals surface area contributed by atoms with E-state index in [-0.39, 0.29) is 5.41 Å². The molecule has 0 rings (SSSR count). The summed E-state index contributed by atoms with van der Waals surface area (Å²) in [7, 11) is 0. The highest BCUT2D eigenvalue weighted by molar-refractivity contribution is 4.91. The second-order valence-electron chi connectivity index (χ2n) is 4.48. The minimum absolute atomic E-state index is 0.136.